The summed E-state index contributed by atoms with van der Waals surface area (Å²) in [6.45, 7) is 0. The van der Waals surface area contributed by atoms with Crippen LogP contribution in [0.15, 0.2) is 89.8 Å². The summed E-state index contributed by atoms with van der Waals surface area (Å²) in [6.07, 6.45) is 0. The molecule has 4 aromatic rings. The van der Waals surface area contributed by atoms with Crippen molar-refractivity contribution in [3.63, 3.8) is 0 Å². The van der Waals surface area contributed by atoms with Crippen molar-refractivity contribution in [2.75, 3.05) is 0 Å². The Balaban J connectivity index is 1.86. The third-order valence-electron chi connectivity index (χ3n) is 4.66. The summed E-state index contributed by atoms with van der Waals surface area (Å²) in [6, 6.07) is 22.3. The van der Waals surface area contributed by atoms with Crippen LogP contribution < -0.4 is 0 Å². The first-order chi connectivity index (χ1) is 15.4. The molecule has 1 unspecified atom stereocenters. The summed E-state index contributed by atoms with van der Waals surface area (Å²) in [4.78, 5) is 14.9. The van der Waals surface area contributed by atoms with Gasteiger partial charge >= 0.3 is 0 Å². The van der Waals surface area contributed by atoms with E-state index in [1.54, 1.807) is 42.5 Å². The molecule has 0 fully saturated rings. The van der Waals surface area contributed by atoms with Gasteiger partial charge in [0, 0.05) is 23.3 Å². The van der Waals surface area contributed by atoms with Crippen molar-refractivity contribution < 1.29 is 13.3 Å². The van der Waals surface area contributed by atoms with E-state index in [1.807, 2.05) is 6.07 Å². The Bertz CT molecular complexity index is 1370. The van der Waals surface area contributed by atoms with Gasteiger partial charge < -0.3 is 0 Å². The number of nitro groups is 1. The van der Waals surface area contributed by atoms with Crippen molar-refractivity contribution in [3.05, 3.63) is 101 Å². The van der Waals surface area contributed by atoms with E-state index in [-0.39, 0.29) is 27.8 Å². The number of hydrogen-bond donors (Lipinski definition) is 0. The van der Waals surface area contributed by atoms with E-state index in [4.69, 9.17) is 11.6 Å². The van der Waals surface area contributed by atoms with E-state index in [0.717, 1.165) is 0 Å². The van der Waals surface area contributed by atoms with Crippen LogP contribution in [0, 0.1) is 10.1 Å². The Morgan fingerprint density at radius 3 is 2.00 bits per heavy atom. The van der Waals surface area contributed by atoms with Crippen molar-refractivity contribution in [1.82, 2.24) is 15.2 Å². The molecule has 0 saturated heterocycles. The van der Waals surface area contributed by atoms with Crippen LogP contribution in [0.3, 0.4) is 0 Å². The second kappa shape index (κ2) is 8.81. The first-order valence-corrected chi connectivity index (χ1v) is 11.3. The monoisotopic (exact) mass is 466 g/mol. The summed E-state index contributed by atoms with van der Waals surface area (Å²) >= 11 is 6.51. The highest BCUT2D eigenvalue weighted by atomic mass is 35.5. The molecule has 1 aromatic heterocycles. The molecule has 160 valence electrons. The summed E-state index contributed by atoms with van der Waals surface area (Å²) in [5.41, 5.74) is 1.20. The maximum absolute atomic E-state index is 13.2. The van der Waals surface area contributed by atoms with Crippen LogP contribution in [0.2, 0.25) is 0 Å². The maximum atomic E-state index is 13.2. The van der Waals surface area contributed by atoms with Crippen LogP contribution in [0.1, 0.15) is 10.4 Å². The van der Waals surface area contributed by atoms with Gasteiger partial charge in [0.05, 0.1) is 9.82 Å². The normalized spacial score (nSPS) is 12.3. The van der Waals surface area contributed by atoms with Gasteiger partial charge in [0.1, 0.15) is 11.4 Å². The van der Waals surface area contributed by atoms with Crippen molar-refractivity contribution in [1.29, 1.82) is 0 Å². The first-order valence-electron chi connectivity index (χ1n) is 9.36. The second-order valence-corrected chi connectivity index (χ2v) is 9.44. The molecule has 1 heterocycles. The molecule has 3 aromatic carbocycles. The molecule has 0 aliphatic rings. The number of sulfone groups is 1. The summed E-state index contributed by atoms with van der Waals surface area (Å²) < 4.78 is 24.8. The lowest BCUT2D eigenvalue weighted by molar-refractivity contribution is -0.384. The second-order valence-electron chi connectivity index (χ2n) is 6.71. The van der Waals surface area contributed by atoms with Crippen molar-refractivity contribution in [2.45, 2.75) is 9.60 Å². The Hall–Kier alpha value is -3.69. The van der Waals surface area contributed by atoms with E-state index in [2.05, 4.69) is 15.2 Å². The van der Waals surface area contributed by atoms with Crippen LogP contribution in [0.4, 0.5) is 5.69 Å². The van der Waals surface area contributed by atoms with Gasteiger partial charge in [0.2, 0.25) is 9.84 Å². The first kappa shape index (κ1) is 21.5. The molecular formula is C22H15ClN4O4S. The maximum Gasteiger partial charge on any atom is 0.269 e. The number of nitro benzene ring substituents is 1. The SMILES string of the molecule is O=[N+]([O-])c1ccc(-c2nnc(-c3ccccc3)c(C(Cl)S(=O)(=O)c3ccccc3)n2)cc1. The van der Waals surface area contributed by atoms with E-state index in [0.29, 0.717) is 11.1 Å². The zero-order chi connectivity index (χ0) is 22.7. The average molecular weight is 467 g/mol. The third-order valence-corrected chi connectivity index (χ3v) is 7.26. The molecule has 0 amide bonds. The number of halogens is 1. The molecule has 1 atom stereocenters. The zero-order valence-electron chi connectivity index (χ0n) is 16.4. The largest absolute Gasteiger partial charge is 0.269 e. The van der Waals surface area contributed by atoms with Gasteiger partial charge in [-0.1, -0.05) is 60.1 Å². The van der Waals surface area contributed by atoms with Gasteiger partial charge in [-0.2, -0.15) is 0 Å². The fourth-order valence-corrected chi connectivity index (χ4v) is 4.72. The number of aromatic nitrogens is 3. The van der Waals surface area contributed by atoms with Gasteiger partial charge in [0.25, 0.3) is 5.69 Å². The number of alkyl halides is 1. The van der Waals surface area contributed by atoms with E-state index in [9.17, 15) is 18.5 Å². The highest BCUT2D eigenvalue weighted by Gasteiger charge is 2.32. The lowest BCUT2D eigenvalue weighted by Crippen LogP contribution is -2.13. The van der Waals surface area contributed by atoms with Gasteiger partial charge in [-0.3, -0.25) is 10.1 Å². The molecule has 0 spiro atoms. The van der Waals surface area contributed by atoms with Gasteiger partial charge in [0.15, 0.2) is 10.5 Å². The number of non-ortho nitro benzene ring substituents is 1. The minimum Gasteiger partial charge on any atom is -0.258 e. The van der Waals surface area contributed by atoms with Crippen LogP contribution in [0.25, 0.3) is 22.6 Å². The van der Waals surface area contributed by atoms with E-state index < -0.39 is 19.5 Å². The molecule has 0 saturated carbocycles. The van der Waals surface area contributed by atoms with Crippen LogP contribution >= 0.6 is 11.6 Å². The topological polar surface area (TPSA) is 116 Å². The lowest BCUT2D eigenvalue weighted by Gasteiger charge is -2.15. The molecule has 10 heteroatoms. The molecule has 0 aliphatic heterocycles. The minimum atomic E-state index is -3.99. The Labute approximate surface area is 188 Å². The summed E-state index contributed by atoms with van der Waals surface area (Å²) in [7, 11) is -3.99. The van der Waals surface area contributed by atoms with Gasteiger partial charge in [-0.05, 0) is 24.3 Å². The predicted octanol–water partition coefficient (Wildman–Crippen LogP) is 4.83. The van der Waals surface area contributed by atoms with E-state index >= 15 is 0 Å². The highest BCUT2D eigenvalue weighted by Crippen LogP contribution is 2.36. The molecule has 0 bridgehead atoms. The summed E-state index contributed by atoms with van der Waals surface area (Å²) in [5, 5.41) is 19.2. The van der Waals surface area contributed by atoms with Crippen LogP contribution in [-0.4, -0.2) is 28.5 Å². The number of nitrogens with zero attached hydrogens (tertiary/aromatic N) is 4. The number of rotatable bonds is 6. The summed E-state index contributed by atoms with van der Waals surface area (Å²) in [5.74, 6) is 0.100. The van der Waals surface area contributed by atoms with Crippen LogP contribution in [0.5, 0.6) is 0 Å². The van der Waals surface area contributed by atoms with Crippen molar-refractivity contribution >= 4 is 27.1 Å². The average Bonchev–Trinajstić information content (AvgIpc) is 2.84. The molecule has 0 radical (unpaired) electrons. The van der Waals surface area contributed by atoms with Gasteiger partial charge in [-0.25, -0.2) is 13.4 Å². The fraction of sp³-hybridized carbons (Fsp3) is 0.0455. The Morgan fingerprint density at radius 2 is 1.41 bits per heavy atom. The molecular weight excluding hydrogens is 452 g/mol. The molecule has 4 rings (SSSR count). The molecule has 0 aliphatic carbocycles. The highest BCUT2D eigenvalue weighted by molar-refractivity contribution is 7.92. The van der Waals surface area contributed by atoms with Gasteiger partial charge in [-0.15, -0.1) is 10.2 Å². The third kappa shape index (κ3) is 4.20. The Kier molecular flexibility index (Phi) is 5.93. The fourth-order valence-electron chi connectivity index (χ4n) is 3.03. The standard InChI is InChI=1S/C22H15ClN4O4S/c23-21(32(30,31)18-9-5-2-6-10-18)20-19(15-7-3-1-4-8-15)25-26-22(24-20)16-11-13-17(14-12-16)27(28)29/h1-14,21H. The number of benzene rings is 3. The van der Waals surface area contributed by atoms with Crippen LogP contribution in [-0.2, 0) is 9.84 Å². The van der Waals surface area contributed by atoms with Crippen molar-refractivity contribution in [3.8, 4) is 22.6 Å². The lowest BCUT2D eigenvalue weighted by atomic mass is 10.1. The minimum absolute atomic E-state index is 0.0186. The number of hydrogen-bond acceptors (Lipinski definition) is 7. The van der Waals surface area contributed by atoms with Crippen molar-refractivity contribution in [2.24, 2.45) is 0 Å². The molecule has 32 heavy (non-hydrogen) atoms. The quantitative estimate of drug-likeness (QED) is 0.227. The van der Waals surface area contributed by atoms with E-state index in [1.165, 1.54) is 36.4 Å². The smallest absolute Gasteiger partial charge is 0.258 e. The predicted molar refractivity (Wildman–Crippen MR) is 120 cm³/mol. The zero-order valence-corrected chi connectivity index (χ0v) is 17.9. The molecule has 0 N–H and O–H groups in total. The Morgan fingerprint density at radius 1 is 0.812 bits per heavy atom. The molecule has 8 nitrogen and oxygen atoms in total.